The lowest BCUT2D eigenvalue weighted by Gasteiger charge is -2.13. The van der Waals surface area contributed by atoms with Crippen molar-refractivity contribution in [2.45, 2.75) is 26.8 Å². The molecule has 0 bridgehead atoms. The number of anilines is 1. The summed E-state index contributed by atoms with van der Waals surface area (Å²) in [6.07, 6.45) is 0. The van der Waals surface area contributed by atoms with Crippen LogP contribution in [0.15, 0.2) is 12.1 Å². The number of nitrogens with one attached hydrogen (secondary N) is 2. The average molecular weight is 325 g/mol. The molecule has 1 amide bonds. The summed E-state index contributed by atoms with van der Waals surface area (Å²) in [6.45, 7) is 5.81. The minimum absolute atomic E-state index is 0.139. The van der Waals surface area contributed by atoms with E-state index in [0.717, 1.165) is 15.6 Å². The zero-order valence-electron chi connectivity index (χ0n) is 12.3. The molecule has 5 nitrogen and oxygen atoms in total. The van der Waals surface area contributed by atoms with Gasteiger partial charge >= 0.3 is 0 Å². The number of rotatable bonds is 4. The van der Waals surface area contributed by atoms with Gasteiger partial charge in [0.15, 0.2) is 0 Å². The summed E-state index contributed by atoms with van der Waals surface area (Å²) in [4.78, 5) is 21.9. The minimum Gasteiger partial charge on any atom is -0.373 e. The molecular weight excluding hydrogens is 308 g/mol. The molecule has 0 saturated heterocycles. The maximum atomic E-state index is 12.3. The Morgan fingerprint density at radius 3 is 2.62 bits per heavy atom. The van der Waals surface area contributed by atoms with Crippen molar-refractivity contribution in [2.24, 2.45) is 0 Å². The second kappa shape index (κ2) is 6.41. The Labute approximate surface area is 132 Å². The van der Waals surface area contributed by atoms with Crippen LogP contribution in [-0.4, -0.2) is 22.9 Å². The van der Waals surface area contributed by atoms with Gasteiger partial charge in [-0.25, -0.2) is 9.97 Å². The summed E-state index contributed by atoms with van der Waals surface area (Å²) in [6, 6.07) is 3.24. The zero-order valence-corrected chi connectivity index (χ0v) is 13.9. The standard InChI is InChI=1S/C14H17ClN4OS/c1-7-13(21-9(3)17-7)8(2)18-14(20)12-10(15)5-6-11(16-4)19-12/h5-6,8H,1-4H3,(H,16,19)(H,18,20). The Balaban J connectivity index is 2.20. The average Bonchev–Trinajstić information content (AvgIpc) is 2.78. The summed E-state index contributed by atoms with van der Waals surface area (Å²) in [5, 5.41) is 7.12. The van der Waals surface area contributed by atoms with E-state index in [1.807, 2.05) is 20.8 Å². The van der Waals surface area contributed by atoms with Crippen LogP contribution < -0.4 is 10.6 Å². The van der Waals surface area contributed by atoms with Crippen LogP contribution in [0.25, 0.3) is 0 Å². The van der Waals surface area contributed by atoms with Gasteiger partial charge in [-0.1, -0.05) is 11.6 Å². The molecule has 0 radical (unpaired) electrons. The maximum Gasteiger partial charge on any atom is 0.272 e. The second-order valence-corrected chi connectivity index (χ2v) is 6.30. The number of amides is 1. The molecule has 7 heteroatoms. The largest absolute Gasteiger partial charge is 0.373 e. The van der Waals surface area contributed by atoms with E-state index in [-0.39, 0.29) is 17.6 Å². The van der Waals surface area contributed by atoms with Crippen molar-refractivity contribution in [1.29, 1.82) is 0 Å². The number of thiazole rings is 1. The van der Waals surface area contributed by atoms with Crippen LogP contribution in [-0.2, 0) is 0 Å². The fourth-order valence-corrected chi connectivity index (χ4v) is 3.14. The van der Waals surface area contributed by atoms with Crippen LogP contribution in [0.4, 0.5) is 5.82 Å². The molecule has 0 aliphatic carbocycles. The highest BCUT2D eigenvalue weighted by Crippen LogP contribution is 2.25. The molecule has 1 atom stereocenters. The highest BCUT2D eigenvalue weighted by Gasteiger charge is 2.19. The summed E-state index contributed by atoms with van der Waals surface area (Å²) < 4.78 is 0. The zero-order chi connectivity index (χ0) is 15.6. The van der Waals surface area contributed by atoms with Crippen molar-refractivity contribution >= 4 is 34.7 Å². The van der Waals surface area contributed by atoms with Crippen molar-refractivity contribution in [3.05, 3.63) is 38.4 Å². The Morgan fingerprint density at radius 2 is 2.05 bits per heavy atom. The van der Waals surface area contributed by atoms with Crippen LogP contribution in [0.3, 0.4) is 0 Å². The first-order chi connectivity index (χ1) is 9.92. The second-order valence-electron chi connectivity index (χ2n) is 4.65. The smallest absolute Gasteiger partial charge is 0.272 e. The first kappa shape index (κ1) is 15.7. The van der Waals surface area contributed by atoms with Crippen LogP contribution >= 0.6 is 22.9 Å². The fourth-order valence-electron chi connectivity index (χ4n) is 2.02. The first-order valence-corrected chi connectivity index (χ1v) is 7.71. The lowest BCUT2D eigenvalue weighted by atomic mass is 10.2. The molecular formula is C14H17ClN4OS. The van der Waals surface area contributed by atoms with Crippen LogP contribution in [0.1, 0.15) is 39.0 Å². The molecule has 1 unspecified atom stereocenters. The van der Waals surface area contributed by atoms with Crippen molar-refractivity contribution in [3.8, 4) is 0 Å². The molecule has 2 rings (SSSR count). The molecule has 0 saturated carbocycles. The fraction of sp³-hybridized carbons (Fsp3) is 0.357. The van der Waals surface area contributed by atoms with Gasteiger partial charge in [0, 0.05) is 11.9 Å². The Bertz CT molecular complexity index is 671. The molecule has 112 valence electrons. The van der Waals surface area contributed by atoms with Crippen molar-refractivity contribution in [1.82, 2.24) is 15.3 Å². The van der Waals surface area contributed by atoms with Gasteiger partial charge in [0.25, 0.3) is 5.91 Å². The van der Waals surface area contributed by atoms with Crippen molar-refractivity contribution < 1.29 is 4.79 Å². The van der Waals surface area contributed by atoms with Crippen LogP contribution in [0.2, 0.25) is 5.02 Å². The molecule has 2 aromatic rings. The summed E-state index contributed by atoms with van der Waals surface area (Å²) in [5.41, 5.74) is 1.16. The van der Waals surface area contributed by atoms with E-state index >= 15 is 0 Å². The molecule has 2 aromatic heterocycles. The van der Waals surface area contributed by atoms with E-state index in [2.05, 4.69) is 20.6 Å². The SMILES string of the molecule is CNc1ccc(Cl)c(C(=O)NC(C)c2sc(C)nc2C)n1. The molecule has 2 N–H and O–H groups in total. The third-order valence-corrected chi connectivity index (χ3v) is 4.56. The third-order valence-electron chi connectivity index (χ3n) is 3.00. The van der Waals surface area contributed by atoms with Gasteiger partial charge in [-0.05, 0) is 32.9 Å². The summed E-state index contributed by atoms with van der Waals surface area (Å²) in [7, 11) is 1.74. The van der Waals surface area contributed by atoms with E-state index in [0.29, 0.717) is 10.8 Å². The van der Waals surface area contributed by atoms with E-state index in [4.69, 9.17) is 11.6 Å². The van der Waals surface area contributed by atoms with Gasteiger partial charge in [-0.2, -0.15) is 0 Å². The molecule has 0 aliphatic heterocycles. The van der Waals surface area contributed by atoms with E-state index in [1.165, 1.54) is 0 Å². The van der Waals surface area contributed by atoms with Gasteiger partial charge in [0.05, 0.1) is 21.8 Å². The van der Waals surface area contributed by atoms with E-state index in [1.54, 1.807) is 30.5 Å². The number of aromatic nitrogens is 2. The predicted octanol–water partition coefficient (Wildman–Crippen LogP) is 3.34. The molecule has 0 fully saturated rings. The van der Waals surface area contributed by atoms with Gasteiger partial charge in [-0.3, -0.25) is 4.79 Å². The molecule has 21 heavy (non-hydrogen) atoms. The Morgan fingerprint density at radius 1 is 1.33 bits per heavy atom. The number of aryl methyl sites for hydroxylation is 2. The number of hydrogen-bond donors (Lipinski definition) is 2. The van der Waals surface area contributed by atoms with Gasteiger partial charge in [0.2, 0.25) is 0 Å². The minimum atomic E-state index is -0.296. The summed E-state index contributed by atoms with van der Waals surface area (Å²) >= 11 is 7.63. The monoisotopic (exact) mass is 324 g/mol. The van der Waals surface area contributed by atoms with Crippen molar-refractivity contribution in [3.63, 3.8) is 0 Å². The lowest BCUT2D eigenvalue weighted by Crippen LogP contribution is -2.27. The van der Waals surface area contributed by atoms with Gasteiger partial charge < -0.3 is 10.6 Å². The highest BCUT2D eigenvalue weighted by atomic mass is 35.5. The number of halogens is 1. The van der Waals surface area contributed by atoms with Crippen LogP contribution in [0, 0.1) is 13.8 Å². The molecule has 0 spiro atoms. The number of hydrogen-bond acceptors (Lipinski definition) is 5. The Kier molecular flexibility index (Phi) is 4.80. The highest BCUT2D eigenvalue weighted by molar-refractivity contribution is 7.11. The molecule has 0 aliphatic rings. The van der Waals surface area contributed by atoms with Crippen molar-refractivity contribution in [2.75, 3.05) is 12.4 Å². The third kappa shape index (κ3) is 3.51. The van der Waals surface area contributed by atoms with Gasteiger partial charge in [0.1, 0.15) is 11.5 Å². The number of pyridine rings is 1. The number of nitrogens with zero attached hydrogens (tertiary/aromatic N) is 2. The number of carbonyl (C=O) groups is 1. The van der Waals surface area contributed by atoms with Gasteiger partial charge in [-0.15, -0.1) is 11.3 Å². The summed E-state index contributed by atoms with van der Waals surface area (Å²) in [5.74, 6) is 0.303. The van der Waals surface area contributed by atoms with E-state index < -0.39 is 0 Å². The topological polar surface area (TPSA) is 66.9 Å². The lowest BCUT2D eigenvalue weighted by molar-refractivity contribution is 0.0935. The quantitative estimate of drug-likeness (QED) is 0.905. The predicted molar refractivity (Wildman–Crippen MR) is 86.3 cm³/mol. The molecule has 0 aromatic carbocycles. The Hall–Kier alpha value is -1.66. The normalized spacial score (nSPS) is 12.0. The van der Waals surface area contributed by atoms with Crippen LogP contribution in [0.5, 0.6) is 0 Å². The first-order valence-electron chi connectivity index (χ1n) is 6.51. The number of carbonyl (C=O) groups excluding carboxylic acids is 1. The van der Waals surface area contributed by atoms with E-state index in [9.17, 15) is 4.79 Å². The molecule has 2 heterocycles. The maximum absolute atomic E-state index is 12.3.